The minimum absolute atomic E-state index is 0.0408. The van der Waals surface area contributed by atoms with Gasteiger partial charge in [0.2, 0.25) is 0 Å². The summed E-state index contributed by atoms with van der Waals surface area (Å²) in [5, 5.41) is 5.61. The minimum atomic E-state index is -0.605. The Hall–Kier alpha value is -4.30. The molecule has 4 rings (SSSR count). The molecule has 9 heteroatoms. The number of anilines is 2. The van der Waals surface area contributed by atoms with E-state index >= 15 is 0 Å². The van der Waals surface area contributed by atoms with Gasteiger partial charge >= 0.3 is 0 Å². The van der Waals surface area contributed by atoms with Crippen molar-refractivity contribution in [2.75, 3.05) is 31.0 Å². The third kappa shape index (κ3) is 5.50. The molecule has 0 radical (unpaired) electrons. The van der Waals surface area contributed by atoms with E-state index < -0.39 is 11.8 Å². The summed E-state index contributed by atoms with van der Waals surface area (Å²) >= 11 is 6.27. The van der Waals surface area contributed by atoms with Crippen LogP contribution in [0.4, 0.5) is 11.4 Å². The van der Waals surface area contributed by atoms with E-state index in [9.17, 15) is 14.4 Å². The van der Waals surface area contributed by atoms with E-state index in [-0.39, 0.29) is 16.6 Å². The van der Waals surface area contributed by atoms with Crippen LogP contribution in [0, 0.1) is 13.8 Å². The molecule has 3 aromatic carbocycles. The van der Waals surface area contributed by atoms with E-state index in [1.807, 2.05) is 38.1 Å². The molecule has 3 aromatic rings. The quantitative estimate of drug-likeness (QED) is 0.386. The number of ether oxygens (including phenoxy) is 2. The smallest absolute Gasteiger partial charge is 0.283 e. The zero-order valence-electron chi connectivity index (χ0n) is 21.6. The summed E-state index contributed by atoms with van der Waals surface area (Å²) in [6.07, 6.45) is 0.595. The summed E-state index contributed by atoms with van der Waals surface area (Å²) in [7, 11) is 3.15. The van der Waals surface area contributed by atoms with Crippen LogP contribution in [-0.4, -0.2) is 38.5 Å². The summed E-state index contributed by atoms with van der Waals surface area (Å²) in [5.41, 5.74) is 4.23. The van der Waals surface area contributed by atoms with Crippen LogP contribution in [0.5, 0.6) is 11.5 Å². The molecule has 8 nitrogen and oxygen atoms in total. The van der Waals surface area contributed by atoms with Gasteiger partial charge in [0.25, 0.3) is 17.7 Å². The van der Waals surface area contributed by atoms with Gasteiger partial charge in [0, 0.05) is 17.8 Å². The van der Waals surface area contributed by atoms with Gasteiger partial charge in [0.15, 0.2) is 11.5 Å². The highest BCUT2D eigenvalue weighted by molar-refractivity contribution is 6.53. The zero-order chi connectivity index (χ0) is 27.4. The largest absolute Gasteiger partial charge is 0.493 e. The monoisotopic (exact) mass is 533 g/mol. The number of hydrogen-bond acceptors (Lipinski definition) is 6. The van der Waals surface area contributed by atoms with Gasteiger partial charge in [-0.15, -0.1) is 0 Å². The Balaban J connectivity index is 1.42. The number of nitrogens with zero attached hydrogens (tertiary/aromatic N) is 1. The van der Waals surface area contributed by atoms with Gasteiger partial charge in [-0.2, -0.15) is 0 Å². The number of benzene rings is 3. The van der Waals surface area contributed by atoms with Crippen LogP contribution in [0.25, 0.3) is 0 Å². The number of hydrogen-bond donors (Lipinski definition) is 2. The molecule has 0 aromatic heterocycles. The van der Waals surface area contributed by atoms with E-state index in [0.29, 0.717) is 41.4 Å². The molecule has 196 valence electrons. The molecule has 3 amide bonds. The van der Waals surface area contributed by atoms with Gasteiger partial charge in [-0.05, 0) is 79.4 Å². The maximum atomic E-state index is 13.1. The lowest BCUT2D eigenvalue weighted by molar-refractivity contribution is -0.120. The molecule has 0 saturated carbocycles. The van der Waals surface area contributed by atoms with E-state index in [0.717, 1.165) is 21.6 Å². The molecular weight excluding hydrogens is 506 g/mol. The second kappa shape index (κ2) is 11.4. The highest BCUT2D eigenvalue weighted by atomic mass is 35.5. The Labute approximate surface area is 226 Å². The molecular formula is C29H28ClN3O5. The number of nitrogens with one attached hydrogen (secondary N) is 2. The molecule has 1 heterocycles. The predicted molar refractivity (Wildman–Crippen MR) is 147 cm³/mol. The van der Waals surface area contributed by atoms with Gasteiger partial charge < -0.3 is 20.1 Å². The second-order valence-electron chi connectivity index (χ2n) is 8.80. The van der Waals surface area contributed by atoms with Gasteiger partial charge in [0.1, 0.15) is 10.7 Å². The number of amides is 3. The first-order chi connectivity index (χ1) is 18.2. The summed E-state index contributed by atoms with van der Waals surface area (Å²) < 4.78 is 10.6. The number of methoxy groups -OCH3 is 2. The summed E-state index contributed by atoms with van der Waals surface area (Å²) in [5.74, 6) is -0.183. The Morgan fingerprint density at radius 2 is 1.66 bits per heavy atom. The van der Waals surface area contributed by atoms with Gasteiger partial charge in [-0.1, -0.05) is 29.8 Å². The second-order valence-corrected chi connectivity index (χ2v) is 9.18. The third-order valence-corrected chi connectivity index (χ3v) is 6.67. The van der Waals surface area contributed by atoms with E-state index in [2.05, 4.69) is 10.6 Å². The van der Waals surface area contributed by atoms with Crippen LogP contribution in [0.2, 0.25) is 0 Å². The van der Waals surface area contributed by atoms with Crippen molar-refractivity contribution in [1.82, 2.24) is 5.32 Å². The van der Waals surface area contributed by atoms with Crippen LogP contribution in [0.15, 0.2) is 71.4 Å². The van der Waals surface area contributed by atoms with Crippen LogP contribution in [0.3, 0.4) is 0 Å². The van der Waals surface area contributed by atoms with Crippen molar-refractivity contribution in [2.45, 2.75) is 20.3 Å². The number of imide groups is 1. The molecule has 0 saturated heterocycles. The highest BCUT2D eigenvalue weighted by Gasteiger charge is 2.39. The van der Waals surface area contributed by atoms with Crippen molar-refractivity contribution in [3.63, 3.8) is 0 Å². The minimum Gasteiger partial charge on any atom is -0.493 e. The van der Waals surface area contributed by atoms with Crippen LogP contribution in [0.1, 0.15) is 27.0 Å². The fraction of sp³-hybridized carbons (Fsp3) is 0.207. The first-order valence-corrected chi connectivity index (χ1v) is 12.3. The number of aryl methyl sites for hydroxylation is 2. The lowest BCUT2D eigenvalue weighted by Crippen LogP contribution is -2.32. The molecule has 0 unspecified atom stereocenters. The van der Waals surface area contributed by atoms with E-state index in [4.69, 9.17) is 21.1 Å². The summed E-state index contributed by atoms with van der Waals surface area (Å²) in [4.78, 5) is 39.7. The average molecular weight is 534 g/mol. The molecule has 1 aliphatic rings. The Kier molecular flexibility index (Phi) is 8.02. The van der Waals surface area contributed by atoms with Gasteiger partial charge in [0.05, 0.1) is 19.9 Å². The number of halogens is 1. The topological polar surface area (TPSA) is 97.0 Å². The fourth-order valence-electron chi connectivity index (χ4n) is 4.05. The number of carbonyl (C=O) groups excluding carboxylic acids is 3. The third-order valence-electron chi connectivity index (χ3n) is 6.32. The number of carbonyl (C=O) groups is 3. The molecule has 0 aliphatic carbocycles. The summed E-state index contributed by atoms with van der Waals surface area (Å²) in [6, 6.07) is 17.6. The van der Waals surface area contributed by atoms with Crippen molar-refractivity contribution in [1.29, 1.82) is 0 Å². The SMILES string of the molecule is COc1ccc(CCNC(=O)c2cccc(NC3=C(Cl)C(=O)N(c4ccc(C)c(C)c4)C3=O)c2)cc1OC. The highest BCUT2D eigenvalue weighted by Crippen LogP contribution is 2.31. The molecule has 0 fully saturated rings. The Bertz CT molecular complexity index is 1450. The van der Waals surface area contributed by atoms with Gasteiger partial charge in [-0.3, -0.25) is 14.4 Å². The van der Waals surface area contributed by atoms with Crippen molar-refractivity contribution < 1.29 is 23.9 Å². The molecule has 0 bridgehead atoms. The fourth-order valence-corrected chi connectivity index (χ4v) is 4.26. The molecule has 1 aliphatic heterocycles. The van der Waals surface area contributed by atoms with Crippen molar-refractivity contribution in [2.24, 2.45) is 0 Å². The normalized spacial score (nSPS) is 13.1. The lowest BCUT2D eigenvalue weighted by atomic mass is 10.1. The summed E-state index contributed by atoms with van der Waals surface area (Å²) in [6.45, 7) is 4.26. The van der Waals surface area contributed by atoms with Crippen molar-refractivity contribution >= 4 is 40.7 Å². The Morgan fingerprint density at radius 3 is 2.37 bits per heavy atom. The molecule has 0 atom stereocenters. The molecule has 2 N–H and O–H groups in total. The maximum Gasteiger partial charge on any atom is 0.283 e. The zero-order valence-corrected chi connectivity index (χ0v) is 22.3. The van der Waals surface area contributed by atoms with Crippen LogP contribution in [-0.2, 0) is 16.0 Å². The van der Waals surface area contributed by atoms with E-state index in [1.165, 1.54) is 0 Å². The van der Waals surface area contributed by atoms with Crippen molar-refractivity contribution in [3.05, 3.63) is 93.6 Å². The van der Waals surface area contributed by atoms with Crippen LogP contribution >= 0.6 is 11.6 Å². The van der Waals surface area contributed by atoms with E-state index in [1.54, 1.807) is 50.6 Å². The van der Waals surface area contributed by atoms with Crippen molar-refractivity contribution in [3.8, 4) is 11.5 Å². The van der Waals surface area contributed by atoms with Gasteiger partial charge in [-0.25, -0.2) is 4.90 Å². The molecule has 38 heavy (non-hydrogen) atoms. The number of rotatable bonds is 9. The predicted octanol–water partition coefficient (Wildman–Crippen LogP) is 4.73. The first-order valence-electron chi connectivity index (χ1n) is 12.0. The Morgan fingerprint density at radius 1 is 0.895 bits per heavy atom. The molecule has 0 spiro atoms. The standard InChI is InChI=1S/C29H28ClN3O5/c1-17-8-10-22(14-18(17)2)33-28(35)25(30)26(29(33)36)32-21-7-5-6-20(16-21)27(34)31-13-12-19-9-11-23(37-3)24(15-19)38-4/h5-11,14-16,32H,12-13H2,1-4H3,(H,31,34). The van der Waals surface area contributed by atoms with Crippen LogP contribution < -0.4 is 25.0 Å². The average Bonchev–Trinajstić information content (AvgIpc) is 3.13. The lowest BCUT2D eigenvalue weighted by Gasteiger charge is -2.16. The first kappa shape index (κ1) is 26.8. The maximum absolute atomic E-state index is 13.1.